The first-order valence-corrected chi connectivity index (χ1v) is 11.2. The largest absolute Gasteiger partial charge is 0.469 e. The Labute approximate surface area is 175 Å². The molecule has 1 heterocycles. The number of carbonyl (C=O) groups is 2. The Morgan fingerprint density at radius 1 is 1.03 bits per heavy atom. The maximum atomic E-state index is 12.2. The molecule has 164 valence electrons. The summed E-state index contributed by atoms with van der Waals surface area (Å²) < 4.78 is 16.7. The molecule has 2 fully saturated rings. The molecule has 0 spiro atoms. The molecular weight excluding hydrogens is 368 g/mol. The Kier molecular flexibility index (Phi) is 10.6. The van der Waals surface area contributed by atoms with Crippen LogP contribution >= 0.6 is 0 Å². The summed E-state index contributed by atoms with van der Waals surface area (Å²) in [6.45, 7) is 5.44. The van der Waals surface area contributed by atoms with Crippen LogP contribution in [-0.4, -0.2) is 44.3 Å². The van der Waals surface area contributed by atoms with Gasteiger partial charge in [0, 0.05) is 12.8 Å². The standard InChI is InChI=1S/C24H38O5/c1-18(2)9-8-10-20(25)14-13-19-17-22-24(29-16-15-28-22)21(19)11-6-4-5-7-12-23(26)27-3/h9,13-14,19,21-22,24H,4-8,10-12,15-17H2,1-3H3/t19-,21+,22?,24?/m0/s1. The number of hydrogen-bond donors (Lipinski definition) is 0. The van der Waals surface area contributed by atoms with E-state index in [0.29, 0.717) is 37.9 Å². The molecule has 2 unspecified atom stereocenters. The zero-order valence-corrected chi connectivity index (χ0v) is 18.4. The predicted octanol–water partition coefficient (Wildman–Crippen LogP) is 4.79. The molecular formula is C24H38O5. The van der Waals surface area contributed by atoms with Gasteiger partial charge in [0.2, 0.25) is 0 Å². The number of esters is 1. The average Bonchev–Trinajstić information content (AvgIpc) is 3.06. The van der Waals surface area contributed by atoms with Crippen LogP contribution in [0.2, 0.25) is 0 Å². The second-order valence-corrected chi connectivity index (χ2v) is 8.48. The van der Waals surface area contributed by atoms with Crippen LogP contribution in [0, 0.1) is 11.8 Å². The number of hydrogen-bond acceptors (Lipinski definition) is 5. The van der Waals surface area contributed by atoms with E-state index in [9.17, 15) is 9.59 Å². The smallest absolute Gasteiger partial charge is 0.305 e. The van der Waals surface area contributed by atoms with Gasteiger partial charge < -0.3 is 14.2 Å². The lowest BCUT2D eigenvalue weighted by molar-refractivity contribution is -0.140. The first-order chi connectivity index (χ1) is 14.0. The van der Waals surface area contributed by atoms with Crippen LogP contribution in [-0.2, 0) is 23.8 Å². The highest BCUT2D eigenvalue weighted by Gasteiger charge is 2.44. The minimum Gasteiger partial charge on any atom is -0.469 e. The van der Waals surface area contributed by atoms with Gasteiger partial charge in [0.1, 0.15) is 0 Å². The lowest BCUT2D eigenvalue weighted by Crippen LogP contribution is -2.37. The van der Waals surface area contributed by atoms with E-state index in [1.807, 2.05) is 0 Å². The molecule has 5 heteroatoms. The SMILES string of the molecule is COC(=O)CCCCCC[C@H]1C2OCCOC2C[C@@H]1C=CC(=O)CCC=C(C)C. The van der Waals surface area contributed by atoms with Crippen molar-refractivity contribution in [3.05, 3.63) is 23.8 Å². The van der Waals surface area contributed by atoms with Crippen LogP contribution in [0.25, 0.3) is 0 Å². The summed E-state index contributed by atoms with van der Waals surface area (Å²) >= 11 is 0. The van der Waals surface area contributed by atoms with E-state index < -0.39 is 0 Å². The highest BCUT2D eigenvalue weighted by molar-refractivity contribution is 5.89. The third-order valence-electron chi connectivity index (χ3n) is 5.94. The van der Waals surface area contributed by atoms with Crippen molar-refractivity contribution in [1.29, 1.82) is 0 Å². The first kappa shape index (κ1) is 23.8. The number of methoxy groups -OCH3 is 1. The summed E-state index contributed by atoms with van der Waals surface area (Å²) in [6, 6.07) is 0. The summed E-state index contributed by atoms with van der Waals surface area (Å²) in [5, 5.41) is 0. The van der Waals surface area contributed by atoms with Crippen molar-refractivity contribution in [2.24, 2.45) is 11.8 Å². The van der Waals surface area contributed by atoms with Crippen LogP contribution in [0.3, 0.4) is 0 Å². The van der Waals surface area contributed by atoms with Gasteiger partial charge in [-0.15, -0.1) is 0 Å². The lowest BCUT2D eigenvalue weighted by atomic mass is 9.88. The second-order valence-electron chi connectivity index (χ2n) is 8.48. The topological polar surface area (TPSA) is 61.8 Å². The molecule has 1 aliphatic carbocycles. The quantitative estimate of drug-likeness (QED) is 0.202. The number of fused-ring (bicyclic) bond motifs is 1. The highest BCUT2D eigenvalue weighted by Crippen LogP contribution is 2.41. The number of rotatable bonds is 12. The van der Waals surface area contributed by atoms with Crippen molar-refractivity contribution in [2.45, 2.75) is 83.8 Å². The molecule has 0 N–H and O–H groups in total. The minimum atomic E-state index is -0.129. The third kappa shape index (κ3) is 8.43. The van der Waals surface area contributed by atoms with Gasteiger partial charge in [0.15, 0.2) is 5.78 Å². The zero-order chi connectivity index (χ0) is 21.1. The molecule has 2 rings (SSSR count). The summed E-state index contributed by atoms with van der Waals surface area (Å²) in [7, 11) is 1.44. The van der Waals surface area contributed by atoms with Gasteiger partial charge in [-0.2, -0.15) is 0 Å². The molecule has 0 radical (unpaired) electrons. The van der Waals surface area contributed by atoms with Crippen molar-refractivity contribution in [2.75, 3.05) is 20.3 Å². The van der Waals surface area contributed by atoms with E-state index in [-0.39, 0.29) is 24.0 Å². The van der Waals surface area contributed by atoms with E-state index in [1.165, 1.54) is 12.7 Å². The molecule has 29 heavy (non-hydrogen) atoms. The van der Waals surface area contributed by atoms with Crippen LogP contribution in [0.4, 0.5) is 0 Å². The van der Waals surface area contributed by atoms with Crippen molar-refractivity contribution < 1.29 is 23.8 Å². The summed E-state index contributed by atoms with van der Waals surface area (Å²) in [6.07, 6.45) is 14.3. The van der Waals surface area contributed by atoms with Crippen LogP contribution in [0.1, 0.15) is 71.6 Å². The van der Waals surface area contributed by atoms with Gasteiger partial charge in [0.05, 0.1) is 32.5 Å². The van der Waals surface area contributed by atoms with E-state index in [4.69, 9.17) is 9.47 Å². The molecule has 1 saturated heterocycles. The molecule has 0 aromatic carbocycles. The molecule has 2 aliphatic rings. The summed E-state index contributed by atoms with van der Waals surface area (Å²) in [4.78, 5) is 23.4. The fraction of sp³-hybridized carbons (Fsp3) is 0.750. The van der Waals surface area contributed by atoms with E-state index in [1.54, 1.807) is 6.08 Å². The fourth-order valence-corrected chi connectivity index (χ4v) is 4.40. The Hall–Kier alpha value is -1.46. The van der Waals surface area contributed by atoms with E-state index >= 15 is 0 Å². The molecule has 0 bridgehead atoms. The van der Waals surface area contributed by atoms with Crippen molar-refractivity contribution in [1.82, 2.24) is 0 Å². The predicted molar refractivity (Wildman–Crippen MR) is 114 cm³/mol. The van der Waals surface area contributed by atoms with Gasteiger partial charge in [-0.05, 0) is 57.4 Å². The summed E-state index contributed by atoms with van der Waals surface area (Å²) in [5.41, 5.74) is 1.25. The normalized spacial score (nSPS) is 26.3. The molecule has 0 aromatic heterocycles. The zero-order valence-electron chi connectivity index (χ0n) is 18.4. The first-order valence-electron chi connectivity index (χ1n) is 11.2. The molecule has 5 nitrogen and oxygen atoms in total. The lowest BCUT2D eigenvalue weighted by Gasteiger charge is -2.30. The Morgan fingerprint density at radius 3 is 2.55 bits per heavy atom. The Balaban J connectivity index is 1.81. The van der Waals surface area contributed by atoms with E-state index in [0.717, 1.165) is 44.9 Å². The van der Waals surface area contributed by atoms with Gasteiger partial charge in [-0.1, -0.05) is 37.0 Å². The summed E-state index contributed by atoms with van der Waals surface area (Å²) in [5.74, 6) is 0.810. The maximum Gasteiger partial charge on any atom is 0.305 e. The third-order valence-corrected chi connectivity index (χ3v) is 5.94. The van der Waals surface area contributed by atoms with Gasteiger partial charge in [0.25, 0.3) is 0 Å². The van der Waals surface area contributed by atoms with Crippen LogP contribution < -0.4 is 0 Å². The number of ketones is 1. The Morgan fingerprint density at radius 2 is 1.79 bits per heavy atom. The number of unbranched alkanes of at least 4 members (excludes halogenated alkanes) is 3. The van der Waals surface area contributed by atoms with Crippen molar-refractivity contribution in [3.63, 3.8) is 0 Å². The van der Waals surface area contributed by atoms with Gasteiger partial charge in [-0.3, -0.25) is 9.59 Å². The van der Waals surface area contributed by atoms with Crippen molar-refractivity contribution in [3.8, 4) is 0 Å². The molecule has 4 atom stereocenters. The molecule has 1 saturated carbocycles. The van der Waals surface area contributed by atoms with Crippen molar-refractivity contribution >= 4 is 11.8 Å². The molecule has 1 aliphatic heterocycles. The number of allylic oxidation sites excluding steroid dienone is 4. The maximum absolute atomic E-state index is 12.2. The number of ether oxygens (including phenoxy) is 3. The molecule has 0 aromatic rings. The minimum absolute atomic E-state index is 0.129. The number of carbonyl (C=O) groups excluding carboxylic acids is 2. The van der Waals surface area contributed by atoms with Gasteiger partial charge >= 0.3 is 5.97 Å². The Bertz CT molecular complexity index is 576. The van der Waals surface area contributed by atoms with Crippen LogP contribution in [0.15, 0.2) is 23.8 Å². The monoisotopic (exact) mass is 406 g/mol. The van der Waals surface area contributed by atoms with Crippen LogP contribution in [0.5, 0.6) is 0 Å². The molecule has 0 amide bonds. The highest BCUT2D eigenvalue weighted by atomic mass is 16.6. The average molecular weight is 407 g/mol. The fourth-order valence-electron chi connectivity index (χ4n) is 4.40. The van der Waals surface area contributed by atoms with Gasteiger partial charge in [-0.25, -0.2) is 0 Å². The second kappa shape index (κ2) is 13.0. The van der Waals surface area contributed by atoms with E-state index in [2.05, 4.69) is 30.7 Å².